The first-order valence-corrected chi connectivity index (χ1v) is 7.97. The molecule has 0 aliphatic carbocycles. The number of nitrogens with one attached hydrogen (secondary N) is 1. The third kappa shape index (κ3) is 3.72. The second kappa shape index (κ2) is 6.84. The van der Waals surface area contributed by atoms with Crippen molar-refractivity contribution in [3.05, 3.63) is 41.7 Å². The van der Waals surface area contributed by atoms with Crippen molar-refractivity contribution in [2.75, 3.05) is 11.1 Å². The Morgan fingerprint density at radius 2 is 2.26 bits per heavy atom. The van der Waals surface area contributed by atoms with Gasteiger partial charge in [0.25, 0.3) is 0 Å². The van der Waals surface area contributed by atoms with Crippen LogP contribution in [0.1, 0.15) is 0 Å². The zero-order valence-corrected chi connectivity index (χ0v) is 13.6. The van der Waals surface area contributed by atoms with Gasteiger partial charge in [-0.05, 0) is 24.3 Å². The Morgan fingerprint density at radius 1 is 1.39 bits per heavy atom. The summed E-state index contributed by atoms with van der Waals surface area (Å²) >= 11 is 7.02. The summed E-state index contributed by atoms with van der Waals surface area (Å²) in [5.41, 5.74) is 0. The molecule has 0 spiro atoms. The van der Waals surface area contributed by atoms with Crippen molar-refractivity contribution in [1.29, 1.82) is 0 Å². The zero-order chi connectivity index (χ0) is 16.2. The Kier molecular flexibility index (Phi) is 4.63. The molecule has 7 nitrogen and oxygen atoms in total. The standard InChI is InChI=1S/C14H12ClN5O2S/c1-20-13(10-3-2-6-22-10)18-19-14(20)23-8-12(21)17-11-5-4-9(15)7-16-11/h2-7H,8H2,1H3,(H,16,17,21). The van der Waals surface area contributed by atoms with Crippen LogP contribution in [0, 0.1) is 0 Å². The van der Waals surface area contributed by atoms with E-state index in [2.05, 4.69) is 20.5 Å². The van der Waals surface area contributed by atoms with Crippen LogP contribution in [0.5, 0.6) is 0 Å². The van der Waals surface area contributed by atoms with Gasteiger partial charge in [0.05, 0.1) is 17.0 Å². The van der Waals surface area contributed by atoms with Crippen LogP contribution < -0.4 is 5.32 Å². The maximum atomic E-state index is 11.9. The van der Waals surface area contributed by atoms with Crippen molar-refractivity contribution < 1.29 is 9.21 Å². The third-order valence-electron chi connectivity index (χ3n) is 2.90. The maximum Gasteiger partial charge on any atom is 0.236 e. The lowest BCUT2D eigenvalue weighted by atomic mass is 10.4. The molecular formula is C14H12ClN5O2S. The minimum absolute atomic E-state index is 0.188. The summed E-state index contributed by atoms with van der Waals surface area (Å²) in [5.74, 6) is 1.69. The molecule has 0 saturated carbocycles. The second-order valence-corrected chi connectivity index (χ2v) is 5.92. The molecule has 1 amide bonds. The highest BCUT2D eigenvalue weighted by molar-refractivity contribution is 7.99. The SMILES string of the molecule is Cn1c(SCC(=O)Nc2ccc(Cl)cn2)nnc1-c1ccco1. The van der Waals surface area contributed by atoms with Crippen molar-refractivity contribution in [2.45, 2.75) is 5.16 Å². The molecule has 0 aliphatic rings. The summed E-state index contributed by atoms with van der Waals surface area (Å²) in [7, 11) is 1.82. The molecule has 0 bridgehead atoms. The Hall–Kier alpha value is -2.32. The first-order valence-electron chi connectivity index (χ1n) is 6.61. The van der Waals surface area contributed by atoms with Gasteiger partial charge in [0.1, 0.15) is 5.82 Å². The molecule has 0 unspecified atom stereocenters. The number of hydrogen-bond donors (Lipinski definition) is 1. The number of hydrogen-bond acceptors (Lipinski definition) is 6. The first kappa shape index (κ1) is 15.6. The fraction of sp³-hybridized carbons (Fsp3) is 0.143. The van der Waals surface area contributed by atoms with Crippen LogP contribution in [0.4, 0.5) is 5.82 Å². The van der Waals surface area contributed by atoms with Gasteiger partial charge in [-0.1, -0.05) is 23.4 Å². The van der Waals surface area contributed by atoms with Crippen LogP contribution in [-0.4, -0.2) is 31.4 Å². The maximum absolute atomic E-state index is 11.9. The largest absolute Gasteiger partial charge is 0.461 e. The third-order valence-corrected chi connectivity index (χ3v) is 4.15. The van der Waals surface area contributed by atoms with Gasteiger partial charge in [-0.15, -0.1) is 10.2 Å². The molecule has 9 heteroatoms. The van der Waals surface area contributed by atoms with Gasteiger partial charge in [0, 0.05) is 13.2 Å². The Morgan fingerprint density at radius 3 is 2.96 bits per heavy atom. The lowest BCUT2D eigenvalue weighted by molar-refractivity contribution is -0.113. The van der Waals surface area contributed by atoms with Gasteiger partial charge in [-0.25, -0.2) is 4.98 Å². The van der Waals surface area contributed by atoms with Crippen molar-refractivity contribution in [1.82, 2.24) is 19.7 Å². The number of nitrogens with zero attached hydrogens (tertiary/aromatic N) is 4. The van der Waals surface area contributed by atoms with E-state index in [1.54, 1.807) is 35.1 Å². The van der Waals surface area contributed by atoms with Gasteiger partial charge < -0.3 is 14.3 Å². The highest BCUT2D eigenvalue weighted by Crippen LogP contribution is 2.22. The van der Waals surface area contributed by atoms with Crippen LogP contribution in [0.15, 0.2) is 46.3 Å². The van der Waals surface area contributed by atoms with Crippen molar-refractivity contribution in [2.24, 2.45) is 7.05 Å². The minimum atomic E-state index is -0.188. The van der Waals surface area contributed by atoms with E-state index in [4.69, 9.17) is 16.0 Å². The Bertz CT molecular complexity index is 801. The van der Waals surface area contributed by atoms with Gasteiger partial charge in [0.15, 0.2) is 16.7 Å². The van der Waals surface area contributed by atoms with Gasteiger partial charge in [-0.2, -0.15) is 0 Å². The van der Waals surface area contributed by atoms with E-state index >= 15 is 0 Å². The number of thioether (sulfide) groups is 1. The van der Waals surface area contributed by atoms with Crippen molar-refractivity contribution >= 4 is 35.1 Å². The smallest absolute Gasteiger partial charge is 0.236 e. The summed E-state index contributed by atoms with van der Waals surface area (Å²) < 4.78 is 7.07. The molecular weight excluding hydrogens is 338 g/mol. The number of rotatable bonds is 5. The lowest BCUT2D eigenvalue weighted by Crippen LogP contribution is -2.15. The van der Waals surface area contributed by atoms with Gasteiger partial charge in [-0.3, -0.25) is 4.79 Å². The van der Waals surface area contributed by atoms with E-state index in [0.717, 1.165) is 0 Å². The van der Waals surface area contributed by atoms with E-state index < -0.39 is 0 Å². The normalized spacial score (nSPS) is 10.7. The van der Waals surface area contributed by atoms with E-state index in [-0.39, 0.29) is 11.7 Å². The summed E-state index contributed by atoms with van der Waals surface area (Å²) in [5, 5.41) is 12.0. The summed E-state index contributed by atoms with van der Waals surface area (Å²) in [6, 6.07) is 6.89. The van der Waals surface area contributed by atoms with Crippen LogP contribution in [0.2, 0.25) is 5.02 Å². The number of pyridine rings is 1. The van der Waals surface area contributed by atoms with E-state index in [9.17, 15) is 4.79 Å². The van der Waals surface area contributed by atoms with Crippen molar-refractivity contribution in [3.8, 4) is 11.6 Å². The Balaban J connectivity index is 1.60. The predicted octanol–water partition coefficient (Wildman–Crippen LogP) is 2.85. The minimum Gasteiger partial charge on any atom is -0.461 e. The molecule has 0 radical (unpaired) electrons. The summed E-state index contributed by atoms with van der Waals surface area (Å²) in [6.07, 6.45) is 3.05. The highest BCUT2D eigenvalue weighted by Gasteiger charge is 2.14. The molecule has 118 valence electrons. The molecule has 3 rings (SSSR count). The topological polar surface area (TPSA) is 85.8 Å². The Labute approximate surface area is 141 Å². The molecule has 0 fully saturated rings. The van der Waals surface area contributed by atoms with Gasteiger partial charge in [0.2, 0.25) is 5.91 Å². The number of halogens is 1. The van der Waals surface area contributed by atoms with Crippen LogP contribution >= 0.6 is 23.4 Å². The first-order chi connectivity index (χ1) is 11.1. The number of amides is 1. The zero-order valence-electron chi connectivity index (χ0n) is 12.1. The monoisotopic (exact) mass is 349 g/mol. The lowest BCUT2D eigenvalue weighted by Gasteiger charge is -2.04. The molecule has 0 aromatic carbocycles. The average molecular weight is 350 g/mol. The number of anilines is 1. The fourth-order valence-electron chi connectivity index (χ4n) is 1.82. The molecule has 0 atom stereocenters. The molecule has 3 aromatic rings. The predicted molar refractivity (Wildman–Crippen MR) is 87.3 cm³/mol. The quantitative estimate of drug-likeness (QED) is 0.713. The number of carbonyl (C=O) groups excluding carboxylic acids is 1. The fourth-order valence-corrected chi connectivity index (χ4v) is 2.64. The molecule has 0 aliphatic heterocycles. The summed E-state index contributed by atoms with van der Waals surface area (Å²) in [4.78, 5) is 15.9. The van der Waals surface area contributed by atoms with E-state index in [0.29, 0.717) is 27.6 Å². The average Bonchev–Trinajstić information content (AvgIpc) is 3.17. The molecule has 3 heterocycles. The summed E-state index contributed by atoms with van der Waals surface area (Å²) in [6.45, 7) is 0. The number of aromatic nitrogens is 4. The second-order valence-electron chi connectivity index (χ2n) is 4.54. The van der Waals surface area contributed by atoms with Crippen LogP contribution in [0.25, 0.3) is 11.6 Å². The molecule has 1 N–H and O–H groups in total. The van der Waals surface area contributed by atoms with Gasteiger partial charge >= 0.3 is 0 Å². The van der Waals surface area contributed by atoms with Crippen LogP contribution in [0.3, 0.4) is 0 Å². The molecule has 3 aromatic heterocycles. The molecule has 0 saturated heterocycles. The van der Waals surface area contributed by atoms with E-state index in [1.165, 1.54) is 18.0 Å². The highest BCUT2D eigenvalue weighted by atomic mass is 35.5. The molecule has 23 heavy (non-hydrogen) atoms. The van der Waals surface area contributed by atoms with Crippen LogP contribution in [-0.2, 0) is 11.8 Å². The van der Waals surface area contributed by atoms with E-state index in [1.807, 2.05) is 7.05 Å². The van der Waals surface area contributed by atoms with Crippen molar-refractivity contribution in [3.63, 3.8) is 0 Å². The number of furan rings is 1. The number of carbonyl (C=O) groups is 1.